The molecule has 5 heterocycles. The number of benzene rings is 4. The molecule has 14 nitrogen and oxygen atoms in total. The van der Waals surface area contributed by atoms with E-state index in [1.165, 1.54) is 42.7 Å². The molecule has 2 bridgehead atoms. The van der Waals surface area contributed by atoms with Gasteiger partial charge in [0.25, 0.3) is 0 Å². The summed E-state index contributed by atoms with van der Waals surface area (Å²) in [6, 6.07) is 25.3. The van der Waals surface area contributed by atoms with Gasteiger partial charge in [-0.25, -0.2) is 13.2 Å². The van der Waals surface area contributed by atoms with Crippen molar-refractivity contribution in [2.24, 2.45) is 17.8 Å². The third-order valence-corrected chi connectivity index (χ3v) is 16.0. The number of ether oxygens (including phenoxy) is 4. The van der Waals surface area contributed by atoms with Crippen molar-refractivity contribution < 1.29 is 60.8 Å². The van der Waals surface area contributed by atoms with Crippen LogP contribution in [0.2, 0.25) is 10.0 Å². The Kier molecular flexibility index (Phi) is 14.5. The number of hydrogen-bond donors (Lipinski definition) is 3. The van der Waals surface area contributed by atoms with E-state index in [0.29, 0.717) is 27.5 Å². The van der Waals surface area contributed by atoms with Crippen LogP contribution < -0.4 is 24.3 Å². The Balaban J connectivity index is 0.966. The van der Waals surface area contributed by atoms with Gasteiger partial charge in [0.15, 0.2) is 11.5 Å². The molecule has 19 heteroatoms. The molecule has 69 heavy (non-hydrogen) atoms. The summed E-state index contributed by atoms with van der Waals surface area (Å²) >= 11 is 13.2. The van der Waals surface area contributed by atoms with Gasteiger partial charge < -0.3 is 29.4 Å². The summed E-state index contributed by atoms with van der Waals surface area (Å²) in [5.41, 5.74) is 2.71. The Morgan fingerprint density at radius 3 is 2.23 bits per heavy atom. The third-order valence-electron chi connectivity index (χ3n) is 13.5. The molecule has 3 N–H and O–H groups in total. The monoisotopic (exact) mass is 1010 g/mol. The Labute approximate surface area is 408 Å². The zero-order valence-electron chi connectivity index (χ0n) is 37.2. The van der Waals surface area contributed by atoms with Crippen LogP contribution in [0.3, 0.4) is 0 Å². The van der Waals surface area contributed by atoms with Crippen LogP contribution >= 0.6 is 23.2 Å². The minimum Gasteiger partial charge on any atom is -0.489 e. The summed E-state index contributed by atoms with van der Waals surface area (Å²) in [7, 11) is -4.42. The molecular formula is C50H51Cl2F2N4O10S+. The molecule has 1 aromatic heterocycles. The average molecular weight is 1010 g/mol. The molecule has 5 atom stereocenters. The maximum Gasteiger partial charge on any atom is 0.408 e. The van der Waals surface area contributed by atoms with Gasteiger partial charge in [0.1, 0.15) is 28.5 Å². The minimum atomic E-state index is -4.42. The number of hydrogen-bond acceptors (Lipinski definition) is 10. The zero-order valence-corrected chi connectivity index (χ0v) is 39.5. The van der Waals surface area contributed by atoms with Crippen molar-refractivity contribution in [1.29, 1.82) is 0 Å². The van der Waals surface area contributed by atoms with Crippen molar-refractivity contribution in [3.63, 3.8) is 0 Å². The lowest BCUT2D eigenvalue weighted by atomic mass is 9.75. The molecule has 2 unspecified atom stereocenters. The number of carbonyl (C=O) groups excluding carboxylic acids is 1. The number of amides is 1. The Hall–Kier alpha value is -5.72. The van der Waals surface area contributed by atoms with Crippen molar-refractivity contribution >= 4 is 45.3 Å². The average Bonchev–Trinajstić information content (AvgIpc) is 4.15. The fourth-order valence-electron chi connectivity index (χ4n) is 9.61. The van der Waals surface area contributed by atoms with E-state index in [2.05, 4.69) is 10.2 Å². The van der Waals surface area contributed by atoms with Gasteiger partial charge in [0, 0.05) is 35.3 Å². The number of aliphatic carboxylic acids is 1. The second kappa shape index (κ2) is 20.7. The van der Waals surface area contributed by atoms with Crippen LogP contribution in [0.4, 0.5) is 13.6 Å². The first-order valence-electron chi connectivity index (χ1n) is 22.8. The molecule has 0 radical (unpaired) electrons. The smallest absolute Gasteiger partial charge is 0.408 e. The number of aromatic nitrogens is 1. The highest BCUT2D eigenvalue weighted by atomic mass is 35.5. The fourth-order valence-corrected chi connectivity index (χ4v) is 12.0. The number of nitrogens with zero attached hydrogens (tertiary/aromatic N) is 3. The Morgan fingerprint density at radius 2 is 1.55 bits per heavy atom. The summed E-state index contributed by atoms with van der Waals surface area (Å²) in [4.78, 5) is 28.5. The summed E-state index contributed by atoms with van der Waals surface area (Å²) in [5, 5.41) is 23.7. The lowest BCUT2D eigenvalue weighted by Gasteiger charge is -2.48. The number of rotatable bonds is 19. The standard InChI is InChI=1S/C50H50Cl2F2N4O10S/c51-41-25-57(62)26-42(52)39(41)23-38(34-14-15-43(67-49(53)54)44(22-34)66-28-30-12-13-30)47-40(48(59)60)24-58(47)69(63,64)37-11-4-6-31(20-37)29-65-36-10-5-9-35(21-36)46(33-7-2-1-3-8-33)55-50(61)68-45-27-56-18-16-32(45)17-19-56/h1-11,14-15,20-22,25-26,30,32,38,40,45-47,49H,12-13,16-19,23-24,27-29H2,(H2-,55,59,60,61,62)/p+1/t38-,40?,45-,46-,47?/m0/s1. The number of sulfonamides is 1. The van der Waals surface area contributed by atoms with Crippen LogP contribution in [0.25, 0.3) is 0 Å². The van der Waals surface area contributed by atoms with E-state index in [-0.39, 0.29) is 70.2 Å². The van der Waals surface area contributed by atoms with Gasteiger partial charge in [-0.1, -0.05) is 83.9 Å². The number of pyridine rings is 1. The number of alkyl halides is 2. The molecule has 10 rings (SSSR count). The number of carboxylic acid groups (broad SMARTS) is 1. The normalized spacial score (nSPS) is 22.0. The van der Waals surface area contributed by atoms with Crippen LogP contribution in [0.15, 0.2) is 114 Å². The lowest BCUT2D eigenvalue weighted by Crippen LogP contribution is -2.63. The molecule has 4 aliphatic heterocycles. The molecule has 1 amide bonds. The minimum absolute atomic E-state index is 0.0176. The van der Waals surface area contributed by atoms with Gasteiger partial charge in [0.05, 0.1) is 23.5 Å². The molecule has 5 fully saturated rings. The molecule has 4 aromatic carbocycles. The second-order valence-electron chi connectivity index (χ2n) is 18.1. The summed E-state index contributed by atoms with van der Waals surface area (Å²) in [6.07, 6.45) is 5.39. The highest BCUT2D eigenvalue weighted by Gasteiger charge is 2.54. The van der Waals surface area contributed by atoms with Crippen LogP contribution in [-0.4, -0.2) is 91.5 Å². The van der Waals surface area contributed by atoms with Crippen LogP contribution in [0.5, 0.6) is 17.2 Å². The van der Waals surface area contributed by atoms with Gasteiger partial charge in [-0.2, -0.15) is 13.1 Å². The van der Waals surface area contributed by atoms with Crippen LogP contribution in [-0.2, 0) is 32.6 Å². The molecule has 1 aliphatic carbocycles. The number of carboxylic acids is 1. The first kappa shape index (κ1) is 48.3. The van der Waals surface area contributed by atoms with Gasteiger partial charge in [0.2, 0.25) is 22.4 Å². The number of carbonyl (C=O) groups is 2. The third kappa shape index (κ3) is 11.2. The van der Waals surface area contributed by atoms with E-state index in [4.69, 9.17) is 42.1 Å². The second-order valence-corrected chi connectivity index (χ2v) is 20.8. The SMILES string of the molecule is O=C(N[C@@H](c1ccccc1)c1cccc(OCc2cccc(S(=O)(=O)N3CC(C(=O)O)C3[C@@H](Cc3c(Cl)c[n+](O)cc3Cl)c3ccc(OC(F)F)c(OCC4CC4)c3)c2)c1)O[C@H]1CN2CCC1CC2. The number of alkyl carbamates (subject to hydrolysis) is 1. The summed E-state index contributed by atoms with van der Waals surface area (Å²) in [5.74, 6) is -2.67. The van der Waals surface area contributed by atoms with Crippen molar-refractivity contribution in [2.75, 3.05) is 32.8 Å². The molecule has 0 spiro atoms. The maximum absolute atomic E-state index is 14.7. The molecule has 5 aliphatic rings. The first-order chi connectivity index (χ1) is 33.2. The number of fused-ring (bicyclic) bond motifs is 3. The lowest BCUT2D eigenvalue weighted by molar-refractivity contribution is -0.904. The largest absolute Gasteiger partial charge is 0.489 e. The van der Waals surface area contributed by atoms with Crippen LogP contribution in [0.1, 0.15) is 65.5 Å². The molecule has 1 saturated carbocycles. The van der Waals surface area contributed by atoms with E-state index in [1.54, 1.807) is 24.3 Å². The maximum atomic E-state index is 14.7. The quantitative estimate of drug-likeness (QED) is 0.0536. The molecular weight excluding hydrogens is 958 g/mol. The van der Waals surface area contributed by atoms with E-state index in [0.717, 1.165) is 60.7 Å². The van der Waals surface area contributed by atoms with Gasteiger partial charge in [-0.05, 0) is 116 Å². The summed E-state index contributed by atoms with van der Waals surface area (Å²) < 4.78 is 81.3. The zero-order chi connectivity index (χ0) is 48.4. The van der Waals surface area contributed by atoms with Gasteiger partial charge >= 0.3 is 18.7 Å². The van der Waals surface area contributed by atoms with E-state index >= 15 is 0 Å². The number of nitrogens with one attached hydrogen (secondary N) is 1. The molecule has 4 saturated heterocycles. The highest BCUT2D eigenvalue weighted by molar-refractivity contribution is 7.89. The Morgan fingerprint density at radius 1 is 0.826 bits per heavy atom. The van der Waals surface area contributed by atoms with Crippen molar-refractivity contribution in [3.8, 4) is 17.2 Å². The number of piperidine rings is 3. The predicted octanol–water partition coefficient (Wildman–Crippen LogP) is 8.50. The van der Waals surface area contributed by atoms with Crippen LogP contribution in [0, 0.1) is 17.8 Å². The van der Waals surface area contributed by atoms with Crippen molar-refractivity contribution in [1.82, 2.24) is 14.5 Å². The molecule has 5 aromatic rings. The van der Waals surface area contributed by atoms with E-state index in [1.807, 2.05) is 42.5 Å². The Bertz CT molecular complexity index is 2760. The highest BCUT2D eigenvalue weighted by Crippen LogP contribution is 2.46. The number of halogens is 4. The fraction of sp³-hybridized carbons (Fsp3) is 0.380. The van der Waals surface area contributed by atoms with Crippen molar-refractivity contribution in [2.45, 2.75) is 74.3 Å². The molecule has 364 valence electrons. The van der Waals surface area contributed by atoms with Gasteiger partial charge in [-0.3, -0.25) is 14.9 Å². The predicted molar refractivity (Wildman–Crippen MR) is 248 cm³/mol. The topological polar surface area (TPSA) is 168 Å². The first-order valence-corrected chi connectivity index (χ1v) is 25.0. The summed E-state index contributed by atoms with van der Waals surface area (Å²) in [6.45, 7) is -0.589. The van der Waals surface area contributed by atoms with Crippen molar-refractivity contribution in [3.05, 3.63) is 147 Å². The van der Waals surface area contributed by atoms with Gasteiger partial charge in [-0.15, -0.1) is 0 Å². The van der Waals surface area contributed by atoms with E-state index < -0.39 is 52.6 Å². The van der Waals surface area contributed by atoms with E-state index in [9.17, 15) is 37.1 Å².